The Kier molecular flexibility index (Phi) is 5.70. The minimum absolute atomic E-state index is 0.0000632. The van der Waals surface area contributed by atoms with Gasteiger partial charge in [0.1, 0.15) is 0 Å². The molecule has 0 unspecified atom stereocenters. The van der Waals surface area contributed by atoms with Crippen LogP contribution in [0.15, 0.2) is 71.8 Å². The first-order valence-corrected chi connectivity index (χ1v) is 9.47. The number of benzene rings is 2. The minimum atomic E-state index is -0.651. The third-order valence-corrected chi connectivity index (χ3v) is 4.65. The van der Waals surface area contributed by atoms with Crippen molar-refractivity contribution in [1.82, 2.24) is 36.1 Å². The smallest absolute Gasteiger partial charge is 0.333 e. The number of H-pyrrole nitrogens is 1. The highest BCUT2D eigenvalue weighted by Crippen LogP contribution is 2.12. The van der Waals surface area contributed by atoms with Crippen LogP contribution in [0.1, 0.15) is 21.6 Å². The molecule has 31 heavy (non-hydrogen) atoms. The van der Waals surface area contributed by atoms with Crippen LogP contribution in [0.3, 0.4) is 0 Å². The fourth-order valence-electron chi connectivity index (χ4n) is 3.13. The standard InChI is InChI=1S/C21H19N7O3/c29-19-17-9-4-3-8-16(17)18(24-25-19)20(30)26-27-21(31)22-12-14-6-1-2-7-15(14)13-28-11-5-10-23-28/h1-11H,12-13H2,(H,25,29)(H,26,30)(H2,22,27,31). The van der Waals surface area contributed by atoms with Gasteiger partial charge in [0.05, 0.1) is 11.9 Å². The Hall–Kier alpha value is -4.47. The van der Waals surface area contributed by atoms with Crippen molar-refractivity contribution in [2.45, 2.75) is 13.1 Å². The van der Waals surface area contributed by atoms with E-state index < -0.39 is 17.5 Å². The predicted octanol–water partition coefficient (Wildman–Crippen LogP) is 1.31. The quantitative estimate of drug-likeness (QED) is 0.363. The van der Waals surface area contributed by atoms with Crippen LogP contribution in [-0.2, 0) is 13.1 Å². The number of carbonyl (C=O) groups is 2. The highest BCUT2D eigenvalue weighted by Gasteiger charge is 2.14. The third kappa shape index (κ3) is 4.58. The number of aromatic nitrogens is 4. The van der Waals surface area contributed by atoms with Crippen LogP contribution in [0.5, 0.6) is 0 Å². The zero-order valence-electron chi connectivity index (χ0n) is 16.3. The van der Waals surface area contributed by atoms with E-state index in [-0.39, 0.29) is 12.2 Å². The number of nitrogens with one attached hydrogen (secondary N) is 4. The van der Waals surface area contributed by atoms with Gasteiger partial charge in [-0.05, 0) is 23.3 Å². The van der Waals surface area contributed by atoms with Gasteiger partial charge in [0.2, 0.25) is 0 Å². The summed E-state index contributed by atoms with van der Waals surface area (Å²) in [5.41, 5.74) is 6.13. The molecule has 0 spiro atoms. The zero-order chi connectivity index (χ0) is 21.6. The van der Waals surface area contributed by atoms with Crippen LogP contribution in [0.4, 0.5) is 4.79 Å². The van der Waals surface area contributed by atoms with Gasteiger partial charge in [0.15, 0.2) is 5.69 Å². The summed E-state index contributed by atoms with van der Waals surface area (Å²) in [6.07, 6.45) is 3.57. The number of hydrogen-bond donors (Lipinski definition) is 4. The van der Waals surface area contributed by atoms with Gasteiger partial charge >= 0.3 is 6.03 Å². The van der Waals surface area contributed by atoms with Crippen molar-refractivity contribution in [1.29, 1.82) is 0 Å². The highest BCUT2D eigenvalue weighted by atomic mass is 16.2. The van der Waals surface area contributed by atoms with E-state index in [9.17, 15) is 14.4 Å². The maximum absolute atomic E-state index is 12.4. The van der Waals surface area contributed by atoms with Crippen molar-refractivity contribution in [3.8, 4) is 0 Å². The third-order valence-electron chi connectivity index (χ3n) is 4.65. The van der Waals surface area contributed by atoms with Gasteiger partial charge in [-0.1, -0.05) is 42.5 Å². The molecule has 3 amide bonds. The summed E-state index contributed by atoms with van der Waals surface area (Å²) < 4.78 is 1.79. The topological polar surface area (TPSA) is 134 Å². The number of fused-ring (bicyclic) bond motifs is 1. The Labute approximate surface area is 176 Å². The Bertz CT molecular complexity index is 1280. The number of nitrogens with zero attached hydrogens (tertiary/aromatic N) is 3. The lowest BCUT2D eigenvalue weighted by Gasteiger charge is -2.12. The monoisotopic (exact) mass is 417 g/mol. The summed E-state index contributed by atoms with van der Waals surface area (Å²) in [7, 11) is 0. The molecule has 0 saturated heterocycles. The molecule has 0 radical (unpaired) electrons. The number of aromatic amines is 1. The Morgan fingerprint density at radius 3 is 2.45 bits per heavy atom. The number of carbonyl (C=O) groups excluding carboxylic acids is 2. The van der Waals surface area contributed by atoms with Gasteiger partial charge < -0.3 is 5.32 Å². The SMILES string of the molecule is O=C(NCc1ccccc1Cn1cccn1)NNC(=O)c1n[nH]c(=O)c2ccccc12. The second kappa shape index (κ2) is 8.91. The van der Waals surface area contributed by atoms with Crippen LogP contribution < -0.4 is 21.7 Å². The molecule has 4 N–H and O–H groups in total. The molecule has 4 rings (SSSR count). The van der Waals surface area contributed by atoms with Crippen LogP contribution in [-0.4, -0.2) is 31.9 Å². The summed E-state index contributed by atoms with van der Waals surface area (Å²) in [5.74, 6) is -0.651. The fraction of sp³-hybridized carbons (Fsp3) is 0.0952. The molecule has 0 aliphatic heterocycles. The molecule has 10 nitrogen and oxygen atoms in total. The van der Waals surface area contributed by atoms with E-state index in [1.807, 2.05) is 36.5 Å². The first-order chi connectivity index (χ1) is 15.1. The molecule has 0 aliphatic carbocycles. The fourth-order valence-corrected chi connectivity index (χ4v) is 3.13. The summed E-state index contributed by atoms with van der Waals surface area (Å²) in [5, 5.41) is 13.7. The number of rotatable bonds is 5. The molecule has 0 aliphatic rings. The van der Waals surface area contributed by atoms with E-state index >= 15 is 0 Å². The highest BCUT2D eigenvalue weighted by molar-refractivity contribution is 6.05. The summed E-state index contributed by atoms with van der Waals surface area (Å²) in [6, 6.07) is 15.5. The molecule has 4 aromatic rings. The van der Waals surface area contributed by atoms with E-state index in [2.05, 4.69) is 31.5 Å². The lowest BCUT2D eigenvalue weighted by molar-refractivity contribution is 0.0932. The van der Waals surface area contributed by atoms with Gasteiger partial charge in [-0.25, -0.2) is 15.3 Å². The predicted molar refractivity (Wildman–Crippen MR) is 113 cm³/mol. The van der Waals surface area contributed by atoms with Crippen molar-refractivity contribution in [2.75, 3.05) is 0 Å². The van der Waals surface area contributed by atoms with E-state index in [0.717, 1.165) is 11.1 Å². The lowest BCUT2D eigenvalue weighted by Crippen LogP contribution is -2.47. The Morgan fingerprint density at radius 2 is 1.68 bits per heavy atom. The normalized spacial score (nSPS) is 10.6. The number of hydrazine groups is 1. The first kappa shape index (κ1) is 19.8. The van der Waals surface area contributed by atoms with Crippen molar-refractivity contribution < 1.29 is 9.59 Å². The summed E-state index contributed by atoms with van der Waals surface area (Å²) in [4.78, 5) is 36.4. The average molecular weight is 417 g/mol. The molecular weight excluding hydrogens is 398 g/mol. The zero-order valence-corrected chi connectivity index (χ0v) is 16.3. The van der Waals surface area contributed by atoms with Crippen molar-refractivity contribution in [2.24, 2.45) is 0 Å². The summed E-state index contributed by atoms with van der Waals surface area (Å²) >= 11 is 0. The van der Waals surface area contributed by atoms with Gasteiger partial charge in [-0.3, -0.25) is 19.7 Å². The second-order valence-corrected chi connectivity index (χ2v) is 6.68. The van der Waals surface area contributed by atoms with Gasteiger partial charge in [-0.15, -0.1) is 0 Å². The average Bonchev–Trinajstić information content (AvgIpc) is 3.30. The summed E-state index contributed by atoms with van der Waals surface area (Å²) in [6.45, 7) is 0.840. The van der Waals surface area contributed by atoms with Gasteiger partial charge in [0, 0.05) is 24.3 Å². The van der Waals surface area contributed by atoms with Crippen LogP contribution >= 0.6 is 0 Å². The van der Waals surface area contributed by atoms with E-state index in [1.165, 1.54) is 0 Å². The molecule has 0 saturated carbocycles. The molecule has 10 heteroatoms. The van der Waals surface area contributed by atoms with E-state index in [0.29, 0.717) is 17.3 Å². The number of hydrogen-bond acceptors (Lipinski definition) is 5. The van der Waals surface area contributed by atoms with E-state index in [1.54, 1.807) is 35.1 Å². The lowest BCUT2D eigenvalue weighted by atomic mass is 10.1. The van der Waals surface area contributed by atoms with Crippen LogP contribution in [0, 0.1) is 0 Å². The van der Waals surface area contributed by atoms with Crippen LogP contribution in [0.25, 0.3) is 10.8 Å². The molecule has 156 valence electrons. The van der Waals surface area contributed by atoms with Gasteiger partial charge in [0.25, 0.3) is 11.5 Å². The van der Waals surface area contributed by atoms with Gasteiger partial charge in [-0.2, -0.15) is 10.2 Å². The van der Waals surface area contributed by atoms with Crippen molar-refractivity contribution >= 4 is 22.7 Å². The van der Waals surface area contributed by atoms with Crippen molar-refractivity contribution in [3.05, 3.63) is 94.2 Å². The molecule has 2 heterocycles. The Morgan fingerprint density at radius 1 is 0.935 bits per heavy atom. The second-order valence-electron chi connectivity index (χ2n) is 6.68. The van der Waals surface area contributed by atoms with E-state index in [4.69, 9.17) is 0 Å². The number of amides is 3. The molecule has 2 aromatic heterocycles. The minimum Gasteiger partial charge on any atom is -0.333 e. The van der Waals surface area contributed by atoms with Crippen molar-refractivity contribution in [3.63, 3.8) is 0 Å². The van der Waals surface area contributed by atoms with Crippen LogP contribution in [0.2, 0.25) is 0 Å². The molecule has 0 fully saturated rings. The number of urea groups is 1. The molecular formula is C21H19N7O3. The first-order valence-electron chi connectivity index (χ1n) is 9.47. The largest absolute Gasteiger partial charge is 0.333 e. The Balaban J connectivity index is 1.36. The molecule has 0 bridgehead atoms. The molecule has 2 aromatic carbocycles. The maximum atomic E-state index is 12.4. The maximum Gasteiger partial charge on any atom is 0.333 e. The molecule has 0 atom stereocenters.